The summed E-state index contributed by atoms with van der Waals surface area (Å²) in [5, 5.41) is 0. The lowest BCUT2D eigenvalue weighted by Gasteiger charge is -2.34. The van der Waals surface area contributed by atoms with E-state index in [-0.39, 0.29) is 6.04 Å². The summed E-state index contributed by atoms with van der Waals surface area (Å²) in [7, 11) is 0. The van der Waals surface area contributed by atoms with Crippen molar-refractivity contribution in [3.8, 4) is 0 Å². The van der Waals surface area contributed by atoms with Gasteiger partial charge in [-0.15, -0.1) is 0 Å². The van der Waals surface area contributed by atoms with E-state index in [1.807, 2.05) is 24.5 Å². The molecule has 23 heavy (non-hydrogen) atoms. The van der Waals surface area contributed by atoms with Gasteiger partial charge in [-0.25, -0.2) is 0 Å². The summed E-state index contributed by atoms with van der Waals surface area (Å²) in [6.07, 6.45) is 5.79. The van der Waals surface area contributed by atoms with E-state index in [0.717, 1.165) is 45.8 Å². The number of likely N-dealkylation sites (tertiary alicyclic amines) is 1. The van der Waals surface area contributed by atoms with Gasteiger partial charge in [0.25, 0.3) is 0 Å². The second-order valence-corrected chi connectivity index (χ2v) is 6.87. The molecule has 0 aliphatic carbocycles. The van der Waals surface area contributed by atoms with Gasteiger partial charge in [0.15, 0.2) is 0 Å². The second kappa shape index (κ2) is 7.49. The molecule has 3 unspecified atom stereocenters. The molecule has 0 bridgehead atoms. The van der Waals surface area contributed by atoms with Crippen molar-refractivity contribution in [1.82, 2.24) is 14.4 Å². The van der Waals surface area contributed by atoms with Gasteiger partial charge in [0.2, 0.25) is 5.91 Å². The standard InChI is InChI=1S/C18H29N3O2/c1-3-16-13-21(14-17(16)20-8-10-23-11-9-20)18(22)12-15(2)19-6-4-5-7-19/h4-7,15-17H,3,8-14H2,1-2H3. The van der Waals surface area contributed by atoms with Crippen LogP contribution in [0.5, 0.6) is 0 Å². The molecule has 0 aromatic carbocycles. The van der Waals surface area contributed by atoms with E-state index < -0.39 is 0 Å². The van der Waals surface area contributed by atoms with Gasteiger partial charge in [-0.3, -0.25) is 9.69 Å². The maximum absolute atomic E-state index is 12.7. The molecule has 1 aromatic heterocycles. The molecule has 128 valence electrons. The maximum atomic E-state index is 12.7. The Bertz CT molecular complexity index is 496. The normalized spacial score (nSPS) is 27.3. The molecular formula is C18H29N3O2. The quantitative estimate of drug-likeness (QED) is 0.833. The van der Waals surface area contributed by atoms with Crippen LogP contribution in [0.25, 0.3) is 0 Å². The highest BCUT2D eigenvalue weighted by atomic mass is 16.5. The SMILES string of the molecule is CCC1CN(C(=O)CC(C)n2cccc2)CC1N1CCOCC1. The van der Waals surface area contributed by atoms with Crippen LogP contribution in [-0.2, 0) is 9.53 Å². The largest absolute Gasteiger partial charge is 0.379 e. The molecule has 3 atom stereocenters. The molecule has 0 spiro atoms. The number of rotatable bonds is 5. The van der Waals surface area contributed by atoms with E-state index in [1.165, 1.54) is 0 Å². The lowest BCUT2D eigenvalue weighted by molar-refractivity contribution is -0.131. The minimum Gasteiger partial charge on any atom is -0.379 e. The van der Waals surface area contributed by atoms with Gasteiger partial charge in [-0.05, 0) is 25.0 Å². The van der Waals surface area contributed by atoms with Crippen LogP contribution in [0.2, 0.25) is 0 Å². The van der Waals surface area contributed by atoms with Gasteiger partial charge in [0.1, 0.15) is 0 Å². The highest BCUT2D eigenvalue weighted by molar-refractivity contribution is 5.77. The summed E-state index contributed by atoms with van der Waals surface area (Å²) in [5.74, 6) is 0.888. The lowest BCUT2D eigenvalue weighted by atomic mass is 9.99. The minimum absolute atomic E-state index is 0.222. The highest BCUT2D eigenvalue weighted by Crippen LogP contribution is 2.27. The molecule has 3 heterocycles. The third-order valence-electron chi connectivity index (χ3n) is 5.40. The van der Waals surface area contributed by atoms with Gasteiger partial charge in [-0.2, -0.15) is 0 Å². The van der Waals surface area contributed by atoms with Crippen molar-refractivity contribution in [1.29, 1.82) is 0 Å². The molecule has 0 saturated carbocycles. The predicted octanol–water partition coefficient (Wildman–Crippen LogP) is 2.01. The molecule has 2 aliphatic rings. The fourth-order valence-electron chi connectivity index (χ4n) is 3.91. The van der Waals surface area contributed by atoms with E-state index in [9.17, 15) is 4.79 Å². The maximum Gasteiger partial charge on any atom is 0.224 e. The number of carbonyl (C=O) groups excluding carboxylic acids is 1. The number of amides is 1. The fourth-order valence-corrected chi connectivity index (χ4v) is 3.91. The Balaban J connectivity index is 1.58. The Morgan fingerprint density at radius 1 is 1.22 bits per heavy atom. The van der Waals surface area contributed by atoms with Gasteiger partial charge >= 0.3 is 0 Å². The zero-order valence-corrected chi connectivity index (χ0v) is 14.4. The smallest absolute Gasteiger partial charge is 0.224 e. The first-order valence-corrected chi connectivity index (χ1v) is 8.91. The molecule has 2 saturated heterocycles. The van der Waals surface area contributed by atoms with Crippen LogP contribution in [0.3, 0.4) is 0 Å². The Kier molecular flexibility index (Phi) is 5.38. The molecule has 2 aliphatic heterocycles. The molecule has 0 radical (unpaired) electrons. The van der Waals surface area contributed by atoms with Gasteiger partial charge in [0.05, 0.1) is 13.2 Å². The molecule has 2 fully saturated rings. The zero-order chi connectivity index (χ0) is 16.2. The fraction of sp³-hybridized carbons (Fsp3) is 0.722. The van der Waals surface area contributed by atoms with Crippen molar-refractivity contribution < 1.29 is 9.53 Å². The van der Waals surface area contributed by atoms with Crippen molar-refractivity contribution >= 4 is 5.91 Å². The first-order valence-electron chi connectivity index (χ1n) is 8.91. The van der Waals surface area contributed by atoms with E-state index in [2.05, 4.69) is 28.2 Å². The summed E-state index contributed by atoms with van der Waals surface area (Å²) in [6, 6.07) is 4.76. The molecule has 5 heteroatoms. The minimum atomic E-state index is 0.222. The zero-order valence-electron chi connectivity index (χ0n) is 14.4. The molecule has 5 nitrogen and oxygen atoms in total. The summed E-state index contributed by atoms with van der Waals surface area (Å²) in [4.78, 5) is 17.3. The molecular weight excluding hydrogens is 290 g/mol. The molecule has 3 rings (SSSR count). The van der Waals surface area contributed by atoms with Crippen molar-refractivity contribution in [3.63, 3.8) is 0 Å². The summed E-state index contributed by atoms with van der Waals surface area (Å²) in [5.41, 5.74) is 0. The second-order valence-electron chi connectivity index (χ2n) is 6.87. The Morgan fingerprint density at radius 3 is 2.57 bits per heavy atom. The lowest BCUT2D eigenvalue weighted by Crippen LogP contribution is -2.47. The summed E-state index contributed by atoms with van der Waals surface area (Å²) < 4.78 is 7.59. The van der Waals surface area contributed by atoms with Crippen LogP contribution in [0, 0.1) is 5.92 Å². The van der Waals surface area contributed by atoms with Crippen molar-refractivity contribution in [2.24, 2.45) is 5.92 Å². The molecule has 0 N–H and O–H groups in total. The van der Waals surface area contributed by atoms with E-state index in [1.54, 1.807) is 0 Å². The summed E-state index contributed by atoms with van der Waals surface area (Å²) >= 11 is 0. The Hall–Kier alpha value is -1.33. The number of nitrogens with zero attached hydrogens (tertiary/aromatic N) is 3. The van der Waals surface area contributed by atoms with E-state index in [4.69, 9.17) is 4.74 Å². The van der Waals surface area contributed by atoms with E-state index in [0.29, 0.717) is 24.3 Å². The van der Waals surface area contributed by atoms with Crippen molar-refractivity contribution in [2.45, 2.75) is 38.8 Å². The highest BCUT2D eigenvalue weighted by Gasteiger charge is 2.38. The monoisotopic (exact) mass is 319 g/mol. The molecule has 1 amide bonds. The number of aromatic nitrogens is 1. The van der Waals surface area contributed by atoms with Gasteiger partial charge < -0.3 is 14.2 Å². The van der Waals surface area contributed by atoms with Crippen LogP contribution >= 0.6 is 0 Å². The van der Waals surface area contributed by atoms with Crippen molar-refractivity contribution in [2.75, 3.05) is 39.4 Å². The van der Waals surface area contributed by atoms with Gasteiger partial charge in [-0.1, -0.05) is 13.3 Å². The first kappa shape index (κ1) is 16.5. The third-order valence-corrected chi connectivity index (χ3v) is 5.40. The van der Waals surface area contributed by atoms with Crippen LogP contribution in [-0.4, -0.2) is 65.7 Å². The molecule has 1 aromatic rings. The number of morpholine rings is 1. The number of ether oxygens (including phenoxy) is 1. The first-order chi connectivity index (χ1) is 11.2. The van der Waals surface area contributed by atoms with Crippen LogP contribution in [0.15, 0.2) is 24.5 Å². The van der Waals surface area contributed by atoms with E-state index >= 15 is 0 Å². The Labute approximate surface area is 139 Å². The van der Waals surface area contributed by atoms with Crippen LogP contribution in [0.1, 0.15) is 32.7 Å². The number of hydrogen-bond acceptors (Lipinski definition) is 3. The topological polar surface area (TPSA) is 37.7 Å². The average Bonchev–Trinajstić information content (AvgIpc) is 3.25. The summed E-state index contributed by atoms with van der Waals surface area (Å²) in [6.45, 7) is 9.81. The number of carbonyl (C=O) groups is 1. The average molecular weight is 319 g/mol. The number of hydrogen-bond donors (Lipinski definition) is 0. The Morgan fingerprint density at radius 2 is 1.91 bits per heavy atom. The van der Waals surface area contributed by atoms with Crippen LogP contribution < -0.4 is 0 Å². The predicted molar refractivity (Wildman–Crippen MR) is 90.3 cm³/mol. The van der Waals surface area contributed by atoms with Crippen LogP contribution in [0.4, 0.5) is 0 Å². The third kappa shape index (κ3) is 3.78. The van der Waals surface area contributed by atoms with Gasteiger partial charge in [0, 0.05) is 57.1 Å². The van der Waals surface area contributed by atoms with Crippen molar-refractivity contribution in [3.05, 3.63) is 24.5 Å².